The van der Waals surface area contributed by atoms with Crippen LogP contribution in [0, 0.1) is 0 Å². The van der Waals surface area contributed by atoms with Crippen molar-refractivity contribution in [2.45, 2.75) is 31.7 Å². The van der Waals surface area contributed by atoms with E-state index in [0.29, 0.717) is 5.15 Å². The number of hydrogen-bond donors (Lipinski definition) is 1. The molecule has 1 saturated heterocycles. The standard InChI is InChI=1S/C10H15ClN2OS/c11-9-7-15-10(12-9)13-5-3-1-2-4-8(13)6-14/h7-8,14H,1-6H2. The maximum atomic E-state index is 9.36. The third kappa shape index (κ3) is 2.62. The molecular weight excluding hydrogens is 232 g/mol. The van der Waals surface area contributed by atoms with Crippen molar-refractivity contribution in [1.82, 2.24) is 4.98 Å². The van der Waals surface area contributed by atoms with Gasteiger partial charge in [0.1, 0.15) is 5.15 Å². The first kappa shape index (κ1) is 11.2. The van der Waals surface area contributed by atoms with Gasteiger partial charge in [0.25, 0.3) is 0 Å². The number of aliphatic hydroxyl groups excluding tert-OH is 1. The van der Waals surface area contributed by atoms with Gasteiger partial charge in [-0.05, 0) is 12.8 Å². The predicted molar refractivity (Wildman–Crippen MR) is 63.8 cm³/mol. The number of aliphatic hydroxyl groups is 1. The van der Waals surface area contributed by atoms with Gasteiger partial charge in [0.05, 0.1) is 12.6 Å². The Morgan fingerprint density at radius 1 is 1.53 bits per heavy atom. The summed E-state index contributed by atoms with van der Waals surface area (Å²) in [4.78, 5) is 6.47. The fraction of sp³-hybridized carbons (Fsp3) is 0.700. The topological polar surface area (TPSA) is 36.4 Å². The molecule has 0 aromatic carbocycles. The molecule has 0 saturated carbocycles. The average Bonchev–Trinajstić information content (AvgIpc) is 2.54. The third-order valence-electron chi connectivity index (χ3n) is 2.80. The van der Waals surface area contributed by atoms with Gasteiger partial charge >= 0.3 is 0 Å². The van der Waals surface area contributed by atoms with Crippen LogP contribution in [0.1, 0.15) is 25.7 Å². The minimum absolute atomic E-state index is 0.206. The van der Waals surface area contributed by atoms with E-state index >= 15 is 0 Å². The largest absolute Gasteiger partial charge is 0.394 e. The van der Waals surface area contributed by atoms with Crippen LogP contribution in [-0.4, -0.2) is 29.3 Å². The molecule has 5 heteroatoms. The molecule has 1 N–H and O–H groups in total. The minimum atomic E-state index is 0.206. The van der Waals surface area contributed by atoms with Gasteiger partial charge in [0.15, 0.2) is 5.13 Å². The van der Waals surface area contributed by atoms with Crippen LogP contribution in [0.5, 0.6) is 0 Å². The monoisotopic (exact) mass is 246 g/mol. The van der Waals surface area contributed by atoms with Gasteiger partial charge in [-0.3, -0.25) is 0 Å². The molecule has 84 valence electrons. The van der Waals surface area contributed by atoms with Crippen LogP contribution in [0.2, 0.25) is 5.15 Å². The van der Waals surface area contributed by atoms with Crippen LogP contribution in [0.4, 0.5) is 5.13 Å². The van der Waals surface area contributed by atoms with Crippen molar-refractivity contribution in [2.75, 3.05) is 18.1 Å². The third-order valence-corrected chi connectivity index (χ3v) is 4.00. The van der Waals surface area contributed by atoms with Crippen LogP contribution < -0.4 is 4.90 Å². The number of anilines is 1. The smallest absolute Gasteiger partial charge is 0.187 e. The van der Waals surface area contributed by atoms with E-state index in [1.807, 2.05) is 5.38 Å². The summed E-state index contributed by atoms with van der Waals surface area (Å²) < 4.78 is 0. The summed E-state index contributed by atoms with van der Waals surface area (Å²) in [5.41, 5.74) is 0. The molecule has 1 aromatic rings. The first-order valence-electron chi connectivity index (χ1n) is 5.30. The first-order chi connectivity index (χ1) is 7.31. The Kier molecular flexibility index (Phi) is 3.83. The van der Waals surface area contributed by atoms with Gasteiger partial charge in [0.2, 0.25) is 0 Å². The van der Waals surface area contributed by atoms with Crippen LogP contribution in [0.25, 0.3) is 0 Å². The molecule has 1 atom stereocenters. The Bertz CT molecular complexity index is 318. The van der Waals surface area contributed by atoms with Crippen molar-refractivity contribution in [3.63, 3.8) is 0 Å². The van der Waals surface area contributed by atoms with Gasteiger partial charge in [-0.2, -0.15) is 0 Å². The van der Waals surface area contributed by atoms with Crippen LogP contribution >= 0.6 is 22.9 Å². The lowest BCUT2D eigenvalue weighted by Crippen LogP contribution is -2.37. The normalized spacial score (nSPS) is 22.8. The molecule has 1 fully saturated rings. The van der Waals surface area contributed by atoms with E-state index in [0.717, 1.165) is 18.1 Å². The van der Waals surface area contributed by atoms with E-state index in [1.54, 1.807) is 11.3 Å². The van der Waals surface area contributed by atoms with E-state index in [9.17, 15) is 5.11 Å². The summed E-state index contributed by atoms with van der Waals surface area (Å²) in [6, 6.07) is 0.217. The lowest BCUT2D eigenvalue weighted by molar-refractivity contribution is 0.255. The lowest BCUT2D eigenvalue weighted by atomic mass is 10.1. The van der Waals surface area contributed by atoms with Crippen LogP contribution in [-0.2, 0) is 0 Å². The summed E-state index contributed by atoms with van der Waals surface area (Å²) in [6.07, 6.45) is 4.66. The van der Waals surface area contributed by atoms with Gasteiger partial charge in [-0.1, -0.05) is 24.4 Å². The number of hydrogen-bond acceptors (Lipinski definition) is 4. The molecule has 0 radical (unpaired) electrons. The summed E-state index contributed by atoms with van der Waals surface area (Å²) in [6.45, 7) is 1.19. The highest BCUT2D eigenvalue weighted by Crippen LogP contribution is 2.28. The zero-order valence-electron chi connectivity index (χ0n) is 8.53. The lowest BCUT2D eigenvalue weighted by Gasteiger charge is -2.27. The minimum Gasteiger partial charge on any atom is -0.394 e. The molecule has 2 rings (SSSR count). The van der Waals surface area contributed by atoms with E-state index in [-0.39, 0.29) is 12.6 Å². The number of thiazole rings is 1. The van der Waals surface area contributed by atoms with Crippen molar-refractivity contribution < 1.29 is 5.11 Å². The summed E-state index contributed by atoms with van der Waals surface area (Å²) >= 11 is 7.38. The number of nitrogens with zero attached hydrogens (tertiary/aromatic N) is 2. The quantitative estimate of drug-likeness (QED) is 0.871. The molecular formula is C10H15ClN2OS. The van der Waals surface area contributed by atoms with E-state index in [1.165, 1.54) is 19.3 Å². The maximum Gasteiger partial charge on any atom is 0.187 e. The van der Waals surface area contributed by atoms with E-state index in [4.69, 9.17) is 11.6 Å². The molecule has 2 heterocycles. The summed E-state index contributed by atoms with van der Waals surface area (Å²) in [5.74, 6) is 0. The Balaban J connectivity index is 2.16. The van der Waals surface area contributed by atoms with Gasteiger partial charge in [-0.15, -0.1) is 11.3 Å². The molecule has 3 nitrogen and oxygen atoms in total. The van der Waals surface area contributed by atoms with Crippen molar-refractivity contribution in [1.29, 1.82) is 0 Å². The molecule has 15 heavy (non-hydrogen) atoms. The second-order valence-corrected chi connectivity index (χ2v) is 5.06. The van der Waals surface area contributed by atoms with Crippen LogP contribution in [0.3, 0.4) is 0 Å². The Morgan fingerprint density at radius 2 is 2.40 bits per heavy atom. The second kappa shape index (κ2) is 5.14. The highest BCUT2D eigenvalue weighted by atomic mass is 35.5. The van der Waals surface area contributed by atoms with E-state index in [2.05, 4.69) is 9.88 Å². The average molecular weight is 247 g/mol. The fourth-order valence-electron chi connectivity index (χ4n) is 2.00. The van der Waals surface area contributed by atoms with Gasteiger partial charge in [-0.25, -0.2) is 4.98 Å². The molecule has 0 amide bonds. The fourth-order valence-corrected chi connectivity index (χ4v) is 3.04. The maximum absolute atomic E-state index is 9.36. The molecule has 0 spiro atoms. The molecule has 1 aliphatic heterocycles. The zero-order valence-corrected chi connectivity index (χ0v) is 10.1. The van der Waals surface area contributed by atoms with Crippen molar-refractivity contribution in [2.24, 2.45) is 0 Å². The first-order valence-corrected chi connectivity index (χ1v) is 6.55. The molecule has 1 unspecified atom stereocenters. The molecule has 0 aliphatic carbocycles. The van der Waals surface area contributed by atoms with Crippen molar-refractivity contribution in [3.05, 3.63) is 10.5 Å². The molecule has 1 aromatic heterocycles. The van der Waals surface area contributed by atoms with Gasteiger partial charge < -0.3 is 10.0 Å². The van der Waals surface area contributed by atoms with Crippen molar-refractivity contribution >= 4 is 28.1 Å². The van der Waals surface area contributed by atoms with E-state index < -0.39 is 0 Å². The Hall–Kier alpha value is -0.320. The Morgan fingerprint density at radius 3 is 3.07 bits per heavy atom. The predicted octanol–water partition coefficient (Wildman–Crippen LogP) is 2.54. The van der Waals surface area contributed by atoms with Crippen LogP contribution in [0.15, 0.2) is 5.38 Å². The van der Waals surface area contributed by atoms with Gasteiger partial charge in [0, 0.05) is 11.9 Å². The highest BCUT2D eigenvalue weighted by Gasteiger charge is 2.22. The summed E-state index contributed by atoms with van der Waals surface area (Å²) in [7, 11) is 0. The zero-order chi connectivity index (χ0) is 10.7. The highest BCUT2D eigenvalue weighted by molar-refractivity contribution is 7.14. The molecule has 1 aliphatic rings. The number of rotatable bonds is 2. The SMILES string of the molecule is OCC1CCCCCN1c1nc(Cl)cs1. The summed E-state index contributed by atoms with van der Waals surface area (Å²) in [5, 5.41) is 12.7. The molecule has 0 bridgehead atoms. The second-order valence-electron chi connectivity index (χ2n) is 3.83. The number of aromatic nitrogens is 1. The Labute approximate surface area is 98.7 Å². The van der Waals surface area contributed by atoms with Crippen molar-refractivity contribution in [3.8, 4) is 0 Å². The number of halogens is 1.